The van der Waals surface area contributed by atoms with Gasteiger partial charge in [-0.2, -0.15) is 4.98 Å². The molecule has 1 atom stereocenters. The monoisotopic (exact) mass is 423 g/mol. The molecule has 7 rings (SSSR count). The van der Waals surface area contributed by atoms with Gasteiger partial charge in [-0.15, -0.1) is 0 Å². The summed E-state index contributed by atoms with van der Waals surface area (Å²) in [5, 5.41) is 3.78. The quantitative estimate of drug-likeness (QED) is 0.742. The maximum Gasteiger partial charge on any atom is 0.224 e. The molecule has 31 heavy (non-hydrogen) atoms. The zero-order chi connectivity index (χ0) is 20.6. The molecule has 2 aliphatic heterocycles. The molecular formula is C26H41N5. The first-order valence-electron chi connectivity index (χ1n) is 13.4. The van der Waals surface area contributed by atoms with Gasteiger partial charge in [0.25, 0.3) is 0 Å². The molecule has 1 aromatic rings. The summed E-state index contributed by atoms with van der Waals surface area (Å²) in [6.45, 7) is 4.77. The highest BCUT2D eigenvalue weighted by Gasteiger charge is 2.50. The fourth-order valence-electron chi connectivity index (χ4n) is 8.13. The largest absolute Gasteiger partial charge is 0.356 e. The van der Waals surface area contributed by atoms with Gasteiger partial charge in [0, 0.05) is 37.9 Å². The predicted octanol–water partition coefficient (Wildman–Crippen LogP) is 4.95. The van der Waals surface area contributed by atoms with Crippen LogP contribution in [0.2, 0.25) is 0 Å². The van der Waals surface area contributed by atoms with Crippen LogP contribution in [0.3, 0.4) is 0 Å². The molecule has 4 bridgehead atoms. The first-order valence-corrected chi connectivity index (χ1v) is 13.4. The van der Waals surface area contributed by atoms with Crippen molar-refractivity contribution in [2.45, 2.75) is 89.1 Å². The van der Waals surface area contributed by atoms with Crippen molar-refractivity contribution < 1.29 is 0 Å². The molecule has 0 aromatic carbocycles. The minimum atomic E-state index is 0.485. The zero-order valence-electron chi connectivity index (χ0n) is 19.2. The Hall–Kier alpha value is -1.36. The Kier molecular flexibility index (Phi) is 5.80. The fraction of sp³-hybridized carbons (Fsp3) is 0.846. The third kappa shape index (κ3) is 4.31. The summed E-state index contributed by atoms with van der Waals surface area (Å²) in [6.07, 6.45) is 18.8. The van der Waals surface area contributed by atoms with Gasteiger partial charge in [0.2, 0.25) is 5.95 Å². The summed E-state index contributed by atoms with van der Waals surface area (Å²) in [5.41, 5.74) is 0. The summed E-state index contributed by atoms with van der Waals surface area (Å²) in [5.74, 6) is 6.06. The molecule has 0 spiro atoms. The van der Waals surface area contributed by atoms with E-state index in [2.05, 4.69) is 26.2 Å². The molecule has 1 aromatic heterocycles. The smallest absolute Gasteiger partial charge is 0.224 e. The number of likely N-dealkylation sites (tertiary alicyclic amines) is 1. The standard InChI is InChI=1S/C26H41N5/c1-2-5-11-30(10-4-1)24-8-9-27-26(29-24)28-23-7-3-6-12-31(18-23)25-21-14-19-13-20(16-21)17-22(25)15-19/h8-9,19-23,25H,1-7,10-18H2,(H,27,28,29). The van der Waals surface area contributed by atoms with Crippen molar-refractivity contribution >= 4 is 11.8 Å². The van der Waals surface area contributed by atoms with Crippen molar-refractivity contribution in [1.82, 2.24) is 14.9 Å². The van der Waals surface area contributed by atoms with Crippen LogP contribution < -0.4 is 10.2 Å². The lowest BCUT2D eigenvalue weighted by atomic mass is 9.54. The molecule has 3 heterocycles. The van der Waals surface area contributed by atoms with E-state index in [1.807, 2.05) is 6.20 Å². The predicted molar refractivity (Wildman–Crippen MR) is 126 cm³/mol. The Balaban J connectivity index is 1.13. The third-order valence-corrected chi connectivity index (χ3v) is 9.21. The van der Waals surface area contributed by atoms with Crippen LogP contribution in [0.25, 0.3) is 0 Å². The molecular weight excluding hydrogens is 382 g/mol. The van der Waals surface area contributed by atoms with Gasteiger partial charge in [0.05, 0.1) is 0 Å². The highest BCUT2D eigenvalue weighted by molar-refractivity contribution is 5.43. The van der Waals surface area contributed by atoms with Crippen LogP contribution in [0.4, 0.5) is 11.8 Å². The van der Waals surface area contributed by atoms with Crippen molar-refractivity contribution in [3.8, 4) is 0 Å². The van der Waals surface area contributed by atoms with Crippen molar-refractivity contribution in [3.63, 3.8) is 0 Å². The molecule has 6 aliphatic rings. The molecule has 5 heteroatoms. The molecule has 4 aliphatic carbocycles. The Morgan fingerprint density at radius 3 is 2.26 bits per heavy atom. The number of nitrogens with one attached hydrogen (secondary N) is 1. The molecule has 0 radical (unpaired) electrons. The maximum atomic E-state index is 4.96. The maximum absolute atomic E-state index is 4.96. The van der Waals surface area contributed by atoms with E-state index < -0.39 is 0 Å². The van der Waals surface area contributed by atoms with Crippen LogP contribution >= 0.6 is 0 Å². The van der Waals surface area contributed by atoms with Gasteiger partial charge in [0.1, 0.15) is 5.82 Å². The van der Waals surface area contributed by atoms with Gasteiger partial charge in [-0.25, -0.2) is 4.98 Å². The molecule has 2 saturated heterocycles. The molecule has 1 N–H and O–H groups in total. The third-order valence-electron chi connectivity index (χ3n) is 9.21. The number of nitrogens with zero attached hydrogens (tertiary/aromatic N) is 4. The second-order valence-electron chi connectivity index (χ2n) is 11.4. The number of hydrogen-bond donors (Lipinski definition) is 1. The highest BCUT2D eigenvalue weighted by Crippen LogP contribution is 2.55. The second-order valence-corrected chi connectivity index (χ2v) is 11.4. The van der Waals surface area contributed by atoms with Crippen molar-refractivity contribution in [2.75, 3.05) is 36.4 Å². The summed E-state index contributed by atoms with van der Waals surface area (Å²) < 4.78 is 0. The number of anilines is 2. The van der Waals surface area contributed by atoms with Gasteiger partial charge in [-0.1, -0.05) is 19.3 Å². The minimum Gasteiger partial charge on any atom is -0.356 e. The Morgan fingerprint density at radius 1 is 0.806 bits per heavy atom. The van der Waals surface area contributed by atoms with Crippen LogP contribution in [0.5, 0.6) is 0 Å². The fourth-order valence-corrected chi connectivity index (χ4v) is 8.13. The van der Waals surface area contributed by atoms with E-state index >= 15 is 0 Å². The highest BCUT2D eigenvalue weighted by atomic mass is 15.3. The number of hydrogen-bond acceptors (Lipinski definition) is 5. The van der Waals surface area contributed by atoms with E-state index in [-0.39, 0.29) is 0 Å². The molecule has 5 nitrogen and oxygen atoms in total. The van der Waals surface area contributed by atoms with Gasteiger partial charge in [-0.05, 0) is 94.1 Å². The van der Waals surface area contributed by atoms with Crippen LogP contribution in [0.15, 0.2) is 12.3 Å². The van der Waals surface area contributed by atoms with E-state index in [0.29, 0.717) is 6.04 Å². The molecule has 170 valence electrons. The molecule has 0 amide bonds. The first kappa shape index (κ1) is 20.3. The van der Waals surface area contributed by atoms with Crippen LogP contribution in [-0.4, -0.2) is 53.1 Å². The summed E-state index contributed by atoms with van der Waals surface area (Å²) in [6, 6.07) is 3.45. The average Bonchev–Trinajstić information content (AvgIpc) is 3.17. The Labute approximate surface area is 188 Å². The Bertz CT molecular complexity index is 715. The first-order chi connectivity index (χ1) is 15.3. The SMILES string of the molecule is c1cc(N2CCCCCC2)nc(NC2CCCCN(C3C4CC5CC(C4)CC3C5)C2)n1. The second kappa shape index (κ2) is 8.88. The van der Waals surface area contributed by atoms with E-state index in [1.54, 1.807) is 6.42 Å². The van der Waals surface area contributed by atoms with E-state index in [4.69, 9.17) is 4.98 Å². The molecule has 4 saturated carbocycles. The topological polar surface area (TPSA) is 44.3 Å². The summed E-state index contributed by atoms with van der Waals surface area (Å²) in [7, 11) is 0. The molecule has 1 unspecified atom stereocenters. The van der Waals surface area contributed by atoms with E-state index in [0.717, 1.165) is 54.6 Å². The van der Waals surface area contributed by atoms with Crippen LogP contribution in [0.1, 0.15) is 77.0 Å². The van der Waals surface area contributed by atoms with Crippen molar-refractivity contribution in [2.24, 2.45) is 23.7 Å². The zero-order valence-corrected chi connectivity index (χ0v) is 19.2. The van der Waals surface area contributed by atoms with E-state index in [1.165, 1.54) is 83.7 Å². The lowest BCUT2D eigenvalue weighted by Crippen LogP contribution is -2.57. The lowest BCUT2D eigenvalue weighted by Gasteiger charge is -2.57. The van der Waals surface area contributed by atoms with Gasteiger partial charge >= 0.3 is 0 Å². The summed E-state index contributed by atoms with van der Waals surface area (Å²) in [4.78, 5) is 15.0. The normalized spacial score (nSPS) is 38.6. The van der Waals surface area contributed by atoms with Gasteiger partial charge in [0.15, 0.2) is 0 Å². The van der Waals surface area contributed by atoms with Crippen LogP contribution in [0, 0.1) is 23.7 Å². The molecule has 6 fully saturated rings. The number of aromatic nitrogens is 2. The van der Waals surface area contributed by atoms with Gasteiger partial charge in [-0.3, -0.25) is 4.90 Å². The minimum absolute atomic E-state index is 0.485. The van der Waals surface area contributed by atoms with Crippen molar-refractivity contribution in [1.29, 1.82) is 0 Å². The van der Waals surface area contributed by atoms with Gasteiger partial charge < -0.3 is 10.2 Å². The Morgan fingerprint density at radius 2 is 1.52 bits per heavy atom. The van der Waals surface area contributed by atoms with Crippen LogP contribution in [-0.2, 0) is 0 Å². The number of rotatable bonds is 4. The lowest BCUT2D eigenvalue weighted by molar-refractivity contribution is -0.0648. The van der Waals surface area contributed by atoms with E-state index in [9.17, 15) is 0 Å². The average molecular weight is 424 g/mol. The van der Waals surface area contributed by atoms with Crippen molar-refractivity contribution in [3.05, 3.63) is 12.3 Å². The summed E-state index contributed by atoms with van der Waals surface area (Å²) >= 11 is 0.